The van der Waals surface area contributed by atoms with Gasteiger partial charge in [0.15, 0.2) is 0 Å². The number of anilines is 2. The van der Waals surface area contributed by atoms with Gasteiger partial charge in [0, 0.05) is 5.69 Å². The molecule has 0 fully saturated rings. The molecule has 0 saturated heterocycles. The Balaban J connectivity index is 1.69. The lowest BCUT2D eigenvalue weighted by Crippen LogP contribution is -2.23. The number of aryl methyl sites for hydroxylation is 1. The van der Waals surface area contributed by atoms with Crippen molar-refractivity contribution in [2.75, 3.05) is 10.6 Å². The van der Waals surface area contributed by atoms with Crippen LogP contribution in [0.5, 0.6) is 0 Å². The molecule has 0 spiro atoms. The Morgan fingerprint density at radius 1 is 1.50 bits per heavy atom. The first-order valence-electron chi connectivity index (χ1n) is 6.20. The van der Waals surface area contributed by atoms with E-state index in [2.05, 4.69) is 20.7 Å². The lowest BCUT2D eigenvalue weighted by Gasteiger charge is -2.09. The van der Waals surface area contributed by atoms with Crippen LogP contribution in [0.4, 0.5) is 11.6 Å². The first-order chi connectivity index (χ1) is 9.63. The van der Waals surface area contributed by atoms with Crippen molar-refractivity contribution in [2.24, 2.45) is 0 Å². The largest absolute Gasteiger partial charge is 0.326 e. The topological polar surface area (TPSA) is 88.9 Å². The first-order valence-corrected chi connectivity index (χ1v) is 6.20. The second-order valence-electron chi connectivity index (χ2n) is 4.66. The molecule has 7 heteroatoms. The van der Waals surface area contributed by atoms with Crippen molar-refractivity contribution >= 4 is 23.5 Å². The molecule has 0 bridgehead atoms. The van der Waals surface area contributed by atoms with Crippen LogP contribution in [0.3, 0.4) is 0 Å². The molecule has 20 heavy (non-hydrogen) atoms. The van der Waals surface area contributed by atoms with E-state index in [1.165, 1.54) is 11.0 Å². The molecule has 0 saturated carbocycles. The molecule has 1 atom stereocenters. The van der Waals surface area contributed by atoms with E-state index in [1.54, 1.807) is 6.07 Å². The number of rotatable bonds is 3. The highest BCUT2D eigenvalue weighted by Gasteiger charge is 2.33. The molecular weight excluding hydrogens is 258 g/mol. The van der Waals surface area contributed by atoms with Gasteiger partial charge >= 0.3 is 0 Å². The quantitative estimate of drug-likeness (QED) is 0.875. The van der Waals surface area contributed by atoms with E-state index in [9.17, 15) is 9.59 Å². The zero-order chi connectivity index (χ0) is 14.1. The summed E-state index contributed by atoms with van der Waals surface area (Å²) in [6.45, 7) is 1.95. The fourth-order valence-electron chi connectivity index (χ4n) is 2.16. The Morgan fingerprint density at radius 2 is 2.35 bits per heavy atom. The summed E-state index contributed by atoms with van der Waals surface area (Å²) >= 11 is 0. The number of fused-ring (bicyclic) bond motifs is 1. The van der Waals surface area contributed by atoms with Crippen molar-refractivity contribution in [3.63, 3.8) is 0 Å². The van der Waals surface area contributed by atoms with Crippen LogP contribution in [0.15, 0.2) is 30.6 Å². The molecule has 102 valence electrons. The maximum Gasteiger partial charge on any atom is 0.252 e. The first kappa shape index (κ1) is 12.3. The monoisotopic (exact) mass is 271 g/mol. The van der Waals surface area contributed by atoms with Gasteiger partial charge in [-0.15, -0.1) is 0 Å². The van der Waals surface area contributed by atoms with Crippen molar-refractivity contribution in [3.8, 4) is 0 Å². The highest BCUT2D eigenvalue weighted by molar-refractivity contribution is 6.00. The van der Waals surface area contributed by atoms with Gasteiger partial charge in [-0.2, -0.15) is 10.1 Å². The van der Waals surface area contributed by atoms with Gasteiger partial charge in [0.05, 0.1) is 6.42 Å². The van der Waals surface area contributed by atoms with Gasteiger partial charge in [-0.3, -0.25) is 14.9 Å². The van der Waals surface area contributed by atoms with Crippen LogP contribution >= 0.6 is 0 Å². The van der Waals surface area contributed by atoms with E-state index in [1.807, 2.05) is 25.1 Å². The maximum atomic E-state index is 12.0. The summed E-state index contributed by atoms with van der Waals surface area (Å²) in [5.74, 6) is -0.123. The molecule has 1 aliphatic rings. The third-order valence-corrected chi connectivity index (χ3v) is 3.09. The molecule has 1 aromatic heterocycles. The number of nitrogens with one attached hydrogen (secondary N) is 2. The van der Waals surface area contributed by atoms with Gasteiger partial charge in [-0.1, -0.05) is 12.1 Å². The van der Waals surface area contributed by atoms with E-state index >= 15 is 0 Å². The smallest absolute Gasteiger partial charge is 0.252 e. The highest BCUT2D eigenvalue weighted by Crippen LogP contribution is 2.24. The zero-order valence-corrected chi connectivity index (χ0v) is 10.8. The zero-order valence-electron chi connectivity index (χ0n) is 10.8. The van der Waals surface area contributed by atoms with Gasteiger partial charge in [0.2, 0.25) is 11.9 Å². The van der Waals surface area contributed by atoms with Gasteiger partial charge < -0.3 is 5.32 Å². The molecule has 2 heterocycles. The minimum Gasteiger partial charge on any atom is -0.326 e. The second kappa shape index (κ2) is 4.76. The predicted molar refractivity (Wildman–Crippen MR) is 72.1 cm³/mol. The number of hydrogen-bond donors (Lipinski definition) is 2. The fourth-order valence-corrected chi connectivity index (χ4v) is 2.16. The Morgan fingerprint density at radius 3 is 3.15 bits per heavy atom. The number of carbonyl (C=O) groups is 2. The molecule has 2 amide bonds. The van der Waals surface area contributed by atoms with E-state index in [0.717, 1.165) is 5.56 Å². The van der Waals surface area contributed by atoms with E-state index < -0.39 is 6.04 Å². The normalized spacial score (nSPS) is 16.6. The molecular formula is C13H13N5O2. The van der Waals surface area contributed by atoms with Crippen LogP contribution in [0.25, 0.3) is 0 Å². The molecule has 0 radical (unpaired) electrons. The predicted octanol–water partition coefficient (Wildman–Crippen LogP) is 1.11. The maximum absolute atomic E-state index is 12.0. The number of nitrogens with zero attached hydrogens (tertiary/aromatic N) is 3. The third kappa shape index (κ3) is 2.25. The summed E-state index contributed by atoms with van der Waals surface area (Å²) in [7, 11) is 0. The van der Waals surface area contributed by atoms with Crippen molar-refractivity contribution in [1.82, 2.24) is 14.8 Å². The molecule has 1 aliphatic heterocycles. The van der Waals surface area contributed by atoms with Crippen molar-refractivity contribution in [3.05, 3.63) is 36.2 Å². The Bertz CT molecular complexity index is 679. The fraction of sp³-hybridized carbons (Fsp3) is 0.231. The van der Waals surface area contributed by atoms with E-state index in [0.29, 0.717) is 11.6 Å². The number of aromatic nitrogens is 3. The lowest BCUT2D eigenvalue weighted by molar-refractivity contribution is -0.123. The summed E-state index contributed by atoms with van der Waals surface area (Å²) in [5, 5.41) is 9.29. The number of amides is 2. The summed E-state index contributed by atoms with van der Waals surface area (Å²) in [6, 6.07) is 6.84. The van der Waals surface area contributed by atoms with Gasteiger partial charge in [0.25, 0.3) is 5.91 Å². The molecule has 2 N–H and O–H groups in total. The minimum atomic E-state index is -0.641. The number of hydrogen-bond acceptors (Lipinski definition) is 4. The average molecular weight is 271 g/mol. The van der Waals surface area contributed by atoms with E-state index in [-0.39, 0.29) is 18.2 Å². The van der Waals surface area contributed by atoms with Crippen LogP contribution in [-0.2, 0) is 9.59 Å². The van der Waals surface area contributed by atoms with Crippen molar-refractivity contribution in [1.29, 1.82) is 0 Å². The van der Waals surface area contributed by atoms with Gasteiger partial charge in [0.1, 0.15) is 12.4 Å². The average Bonchev–Trinajstić information content (AvgIpc) is 2.93. The number of benzene rings is 1. The van der Waals surface area contributed by atoms with Crippen LogP contribution in [0, 0.1) is 6.92 Å². The molecule has 7 nitrogen and oxygen atoms in total. The lowest BCUT2D eigenvalue weighted by atomic mass is 10.2. The molecule has 1 aromatic carbocycles. The summed E-state index contributed by atoms with van der Waals surface area (Å²) in [4.78, 5) is 27.6. The van der Waals surface area contributed by atoms with Crippen molar-refractivity contribution in [2.45, 2.75) is 19.4 Å². The highest BCUT2D eigenvalue weighted by atomic mass is 16.2. The van der Waals surface area contributed by atoms with E-state index in [4.69, 9.17) is 0 Å². The third-order valence-electron chi connectivity index (χ3n) is 3.09. The molecule has 2 aromatic rings. The minimum absolute atomic E-state index is 0.0239. The molecule has 0 unspecified atom stereocenters. The molecule has 0 aliphatic carbocycles. The van der Waals surface area contributed by atoms with Gasteiger partial charge in [-0.05, 0) is 24.6 Å². The van der Waals surface area contributed by atoms with Crippen molar-refractivity contribution < 1.29 is 9.59 Å². The van der Waals surface area contributed by atoms with Crippen LogP contribution < -0.4 is 10.6 Å². The second-order valence-corrected chi connectivity index (χ2v) is 4.66. The summed E-state index contributed by atoms with van der Waals surface area (Å²) in [5.41, 5.74) is 1.77. The van der Waals surface area contributed by atoms with Gasteiger partial charge in [-0.25, -0.2) is 4.68 Å². The van der Waals surface area contributed by atoms with Crippen LogP contribution in [0.2, 0.25) is 0 Å². The SMILES string of the molecule is Cc1cccc(NC(=O)C[C@H]2C(=O)Nc3ncnn32)c1. The number of carbonyl (C=O) groups excluding carboxylic acids is 2. The summed E-state index contributed by atoms with van der Waals surface area (Å²) < 4.78 is 1.43. The summed E-state index contributed by atoms with van der Waals surface area (Å²) in [6.07, 6.45) is 1.37. The molecule has 3 rings (SSSR count). The Labute approximate surface area is 115 Å². The standard InChI is InChI=1S/C13H13N5O2/c1-8-3-2-4-9(5-8)16-11(19)6-10-12(20)17-13-14-7-15-18(10)13/h2-5,7,10H,6H2,1H3,(H,16,19)(H,14,15,17,20)/t10-/m0/s1. The van der Waals surface area contributed by atoms with Crippen LogP contribution in [0.1, 0.15) is 18.0 Å². The van der Waals surface area contributed by atoms with Crippen LogP contribution in [-0.4, -0.2) is 26.6 Å². The Kier molecular flexibility index (Phi) is 2.94. The Hall–Kier alpha value is -2.70.